The first kappa shape index (κ1) is 17.5. The molecular formula is C21H27NO3Si. The van der Waals surface area contributed by atoms with Gasteiger partial charge in [-0.25, -0.2) is 0 Å². The molecule has 0 aliphatic heterocycles. The maximum atomic E-state index is 14.1. The van der Waals surface area contributed by atoms with Crippen LogP contribution in [-0.4, -0.2) is 31.5 Å². The van der Waals surface area contributed by atoms with Crippen LogP contribution in [0.3, 0.4) is 0 Å². The van der Waals surface area contributed by atoms with Crippen molar-refractivity contribution in [3.05, 3.63) is 35.5 Å². The number of ketones is 1. The molecule has 0 unspecified atom stereocenters. The predicted octanol–water partition coefficient (Wildman–Crippen LogP) is 3.98. The summed E-state index contributed by atoms with van der Waals surface area (Å²) in [6.45, 7) is 6.82. The summed E-state index contributed by atoms with van der Waals surface area (Å²) in [5.41, 5.74) is 2.01. The van der Waals surface area contributed by atoms with Crippen LogP contribution < -0.4 is 0 Å². The molecule has 1 fully saturated rings. The second kappa shape index (κ2) is 5.32. The normalized spacial score (nSPS) is 28.1. The zero-order chi connectivity index (χ0) is 18.9. The molecule has 0 N–H and O–H groups in total. The molecule has 26 heavy (non-hydrogen) atoms. The summed E-state index contributed by atoms with van der Waals surface area (Å²) >= 11 is 0. The molecular weight excluding hydrogens is 342 g/mol. The van der Waals surface area contributed by atoms with Gasteiger partial charge in [0.1, 0.15) is 0 Å². The van der Waals surface area contributed by atoms with Crippen LogP contribution in [-0.2, 0) is 33.2 Å². The Morgan fingerprint density at radius 2 is 1.96 bits per heavy atom. The predicted molar refractivity (Wildman–Crippen MR) is 105 cm³/mol. The number of benzene rings is 1. The van der Waals surface area contributed by atoms with E-state index < -0.39 is 18.5 Å². The van der Waals surface area contributed by atoms with Gasteiger partial charge in [0, 0.05) is 29.2 Å². The van der Waals surface area contributed by atoms with E-state index in [1.807, 2.05) is 19.2 Å². The van der Waals surface area contributed by atoms with Crippen molar-refractivity contribution in [2.24, 2.45) is 7.05 Å². The number of carbonyl (C=O) groups is 2. The smallest absolute Gasteiger partial charge is 0.323 e. The SMILES string of the molecule is COC(=O)[C@]12CCC[C@]([Si](C)(C)C)(Cc3cn(C)c4cccc1c34)C2=O. The summed E-state index contributed by atoms with van der Waals surface area (Å²) in [5, 5.41) is 0.669. The quantitative estimate of drug-likeness (QED) is 0.457. The molecule has 2 aromatic rings. The Balaban J connectivity index is 2.17. The number of fused-ring (bicyclic) bond motifs is 3. The average Bonchev–Trinajstić information content (AvgIpc) is 2.89. The Morgan fingerprint density at radius 1 is 1.23 bits per heavy atom. The first-order valence-corrected chi connectivity index (χ1v) is 12.9. The highest BCUT2D eigenvalue weighted by Crippen LogP contribution is 2.60. The van der Waals surface area contributed by atoms with Crippen LogP contribution in [0.5, 0.6) is 0 Å². The molecule has 1 aromatic carbocycles. The van der Waals surface area contributed by atoms with E-state index >= 15 is 0 Å². The van der Waals surface area contributed by atoms with Gasteiger partial charge in [-0.15, -0.1) is 0 Å². The third-order valence-electron chi connectivity index (χ3n) is 6.99. The molecule has 4 rings (SSSR count). The molecule has 0 saturated heterocycles. The summed E-state index contributed by atoms with van der Waals surface area (Å²) in [6.07, 6.45) is 5.23. The van der Waals surface area contributed by atoms with Gasteiger partial charge in [-0.1, -0.05) is 38.2 Å². The highest BCUT2D eigenvalue weighted by molar-refractivity contribution is 6.83. The Labute approximate surface area is 155 Å². The lowest BCUT2D eigenvalue weighted by molar-refractivity contribution is -0.155. The molecule has 2 atom stereocenters. The van der Waals surface area contributed by atoms with Gasteiger partial charge in [0.2, 0.25) is 0 Å². The molecule has 4 nitrogen and oxygen atoms in total. The molecule has 2 bridgehead atoms. The summed E-state index contributed by atoms with van der Waals surface area (Å²) in [4.78, 5) is 27.3. The van der Waals surface area contributed by atoms with Gasteiger partial charge in [-0.3, -0.25) is 9.59 Å². The maximum Gasteiger partial charge on any atom is 0.323 e. The number of Topliss-reactive ketones (excluding diaryl/α,β-unsaturated/α-hetero) is 1. The van der Waals surface area contributed by atoms with Gasteiger partial charge in [0.05, 0.1) is 15.2 Å². The Morgan fingerprint density at radius 3 is 2.62 bits per heavy atom. The van der Waals surface area contributed by atoms with E-state index in [0.717, 1.165) is 35.7 Å². The van der Waals surface area contributed by atoms with Gasteiger partial charge < -0.3 is 9.30 Å². The minimum absolute atomic E-state index is 0.119. The first-order chi connectivity index (χ1) is 12.2. The number of esters is 1. The van der Waals surface area contributed by atoms with Gasteiger partial charge >= 0.3 is 5.97 Å². The first-order valence-electron chi connectivity index (χ1n) is 9.40. The van der Waals surface area contributed by atoms with Crippen LogP contribution in [0.15, 0.2) is 24.4 Å². The molecule has 2 aliphatic carbocycles. The van der Waals surface area contributed by atoms with E-state index in [1.54, 1.807) is 0 Å². The van der Waals surface area contributed by atoms with Crippen molar-refractivity contribution in [2.75, 3.05) is 7.11 Å². The molecule has 1 heterocycles. The van der Waals surface area contributed by atoms with Crippen molar-refractivity contribution in [3.63, 3.8) is 0 Å². The van der Waals surface area contributed by atoms with Gasteiger partial charge in [0.25, 0.3) is 0 Å². The Bertz CT molecular complexity index is 939. The third kappa shape index (κ3) is 1.90. The summed E-state index contributed by atoms with van der Waals surface area (Å²) in [6, 6.07) is 6.02. The van der Waals surface area contributed by atoms with Crippen LogP contribution in [0, 0.1) is 0 Å². The van der Waals surface area contributed by atoms with Crippen molar-refractivity contribution < 1.29 is 14.3 Å². The number of carbonyl (C=O) groups excluding carboxylic acids is 2. The van der Waals surface area contributed by atoms with Crippen molar-refractivity contribution >= 4 is 30.7 Å². The highest BCUT2D eigenvalue weighted by Gasteiger charge is 2.64. The van der Waals surface area contributed by atoms with Gasteiger partial charge in [-0.2, -0.15) is 0 Å². The highest BCUT2D eigenvalue weighted by atomic mass is 28.3. The third-order valence-corrected chi connectivity index (χ3v) is 10.5. The van der Waals surface area contributed by atoms with Crippen LogP contribution >= 0.6 is 0 Å². The summed E-state index contributed by atoms with van der Waals surface area (Å²) in [5.74, 6) is -0.261. The Hall–Kier alpha value is -1.88. The van der Waals surface area contributed by atoms with E-state index in [-0.39, 0.29) is 11.8 Å². The molecule has 1 saturated carbocycles. The van der Waals surface area contributed by atoms with Crippen LogP contribution in [0.2, 0.25) is 24.7 Å². The number of aryl methyl sites for hydroxylation is 1. The topological polar surface area (TPSA) is 48.3 Å². The molecule has 2 aliphatic rings. The molecule has 138 valence electrons. The second-order valence-corrected chi connectivity index (χ2v) is 14.5. The molecule has 5 heteroatoms. The minimum atomic E-state index is -1.91. The fourth-order valence-electron chi connectivity index (χ4n) is 5.53. The van der Waals surface area contributed by atoms with Crippen molar-refractivity contribution in [1.82, 2.24) is 4.57 Å². The number of rotatable bonds is 2. The van der Waals surface area contributed by atoms with Crippen LogP contribution in [0.4, 0.5) is 0 Å². The number of aromatic nitrogens is 1. The number of methoxy groups -OCH3 is 1. The number of nitrogens with zero attached hydrogens (tertiary/aromatic N) is 1. The van der Waals surface area contributed by atoms with Crippen molar-refractivity contribution in [3.8, 4) is 0 Å². The van der Waals surface area contributed by atoms with E-state index in [0.29, 0.717) is 6.42 Å². The van der Waals surface area contributed by atoms with E-state index in [2.05, 4.69) is 36.5 Å². The minimum Gasteiger partial charge on any atom is -0.468 e. The zero-order valence-corrected chi connectivity index (χ0v) is 17.3. The monoisotopic (exact) mass is 369 g/mol. The van der Waals surface area contributed by atoms with E-state index in [1.165, 1.54) is 12.7 Å². The maximum absolute atomic E-state index is 14.1. The van der Waals surface area contributed by atoms with Crippen molar-refractivity contribution in [1.29, 1.82) is 0 Å². The lowest BCUT2D eigenvalue weighted by Crippen LogP contribution is -2.59. The van der Waals surface area contributed by atoms with E-state index in [4.69, 9.17) is 4.74 Å². The van der Waals surface area contributed by atoms with Gasteiger partial charge in [-0.05, 0) is 36.5 Å². The van der Waals surface area contributed by atoms with Crippen LogP contribution in [0.25, 0.3) is 10.9 Å². The number of ether oxygens (including phenoxy) is 1. The van der Waals surface area contributed by atoms with Crippen molar-refractivity contribution in [2.45, 2.75) is 55.8 Å². The summed E-state index contributed by atoms with van der Waals surface area (Å²) in [7, 11) is 1.54. The average molecular weight is 370 g/mol. The molecule has 0 radical (unpaired) electrons. The second-order valence-electron chi connectivity index (χ2n) is 9.05. The van der Waals surface area contributed by atoms with E-state index in [9.17, 15) is 9.59 Å². The molecule has 1 aromatic heterocycles. The largest absolute Gasteiger partial charge is 0.468 e. The van der Waals surface area contributed by atoms with Crippen LogP contribution in [0.1, 0.15) is 30.4 Å². The molecule has 0 amide bonds. The summed E-state index contributed by atoms with van der Waals surface area (Å²) < 4.78 is 7.38. The standard InChI is InChI=1S/C21H27NO3Si/c1-22-13-14-12-20(26(3,4)5)10-7-11-21(18(20)23,19(24)25-2)15-8-6-9-16(22)17(14)15/h6,8-9,13H,7,10-12H2,1-5H3/t20-,21+/m0/s1. The number of hydrogen-bond donors (Lipinski definition) is 0. The fourth-order valence-corrected chi connectivity index (χ4v) is 8.07. The lowest BCUT2D eigenvalue weighted by atomic mass is 9.64. The Kier molecular flexibility index (Phi) is 3.58. The number of hydrogen-bond acceptors (Lipinski definition) is 3. The zero-order valence-electron chi connectivity index (χ0n) is 16.3. The van der Waals surface area contributed by atoms with Gasteiger partial charge in [0.15, 0.2) is 11.2 Å². The molecule has 0 spiro atoms. The fraction of sp³-hybridized carbons (Fsp3) is 0.524. The lowest BCUT2D eigenvalue weighted by Gasteiger charge is -2.49.